The molecule has 19 heavy (non-hydrogen) atoms. The molecule has 106 valence electrons. The van der Waals surface area contributed by atoms with E-state index in [9.17, 15) is 9.18 Å². The normalized spacial score (nSPS) is 12.5. The van der Waals surface area contributed by atoms with Crippen LogP contribution in [0, 0.1) is 11.7 Å². The van der Waals surface area contributed by atoms with Crippen molar-refractivity contribution in [3.05, 3.63) is 23.5 Å². The number of halogens is 1. The van der Waals surface area contributed by atoms with E-state index in [1.54, 1.807) is 0 Å². The van der Waals surface area contributed by atoms with Gasteiger partial charge in [-0.2, -0.15) is 0 Å². The number of rotatable bonds is 6. The van der Waals surface area contributed by atoms with Gasteiger partial charge in [-0.05, 0) is 37.8 Å². The highest BCUT2D eigenvalue weighted by Crippen LogP contribution is 2.23. The van der Waals surface area contributed by atoms with Gasteiger partial charge in [-0.3, -0.25) is 0 Å². The summed E-state index contributed by atoms with van der Waals surface area (Å²) in [6, 6.07) is 2.36. The Morgan fingerprint density at radius 1 is 1.37 bits per heavy atom. The molecule has 0 aliphatic rings. The summed E-state index contributed by atoms with van der Waals surface area (Å²) in [4.78, 5) is 11.0. The molecule has 1 atom stereocenters. The van der Waals surface area contributed by atoms with Gasteiger partial charge in [0.1, 0.15) is 5.82 Å². The van der Waals surface area contributed by atoms with Crippen molar-refractivity contribution in [2.45, 2.75) is 39.7 Å². The predicted molar refractivity (Wildman–Crippen MR) is 74.9 cm³/mol. The largest absolute Gasteiger partial charge is 0.478 e. The van der Waals surface area contributed by atoms with Crippen LogP contribution >= 0.6 is 0 Å². The lowest BCUT2D eigenvalue weighted by molar-refractivity contribution is 0.0698. The van der Waals surface area contributed by atoms with Crippen LogP contribution in [0.3, 0.4) is 0 Å². The van der Waals surface area contributed by atoms with E-state index in [0.29, 0.717) is 5.92 Å². The molecule has 0 aromatic heterocycles. The zero-order valence-corrected chi connectivity index (χ0v) is 11.5. The number of carboxylic acid groups (broad SMARTS) is 1. The third kappa shape index (κ3) is 4.43. The lowest BCUT2D eigenvalue weighted by Gasteiger charge is -2.17. The van der Waals surface area contributed by atoms with Gasteiger partial charge in [-0.25, -0.2) is 9.18 Å². The molecule has 1 aromatic rings. The van der Waals surface area contributed by atoms with Gasteiger partial charge in [-0.1, -0.05) is 13.8 Å². The molecule has 0 saturated carbocycles. The van der Waals surface area contributed by atoms with Crippen LogP contribution in [-0.2, 0) is 0 Å². The van der Waals surface area contributed by atoms with E-state index in [-0.39, 0.29) is 23.0 Å². The first-order chi connectivity index (χ1) is 8.81. The van der Waals surface area contributed by atoms with Gasteiger partial charge in [0.25, 0.3) is 0 Å². The summed E-state index contributed by atoms with van der Waals surface area (Å²) < 4.78 is 13.7. The van der Waals surface area contributed by atoms with Crippen molar-refractivity contribution in [3.8, 4) is 0 Å². The summed E-state index contributed by atoms with van der Waals surface area (Å²) in [5.41, 5.74) is 5.51. The van der Waals surface area contributed by atoms with E-state index in [4.69, 9.17) is 10.8 Å². The number of nitrogen functional groups attached to an aromatic ring is 1. The first-order valence-electron chi connectivity index (χ1n) is 6.40. The van der Waals surface area contributed by atoms with E-state index < -0.39 is 11.8 Å². The smallest absolute Gasteiger partial charge is 0.337 e. The number of benzene rings is 1. The minimum atomic E-state index is -1.16. The summed E-state index contributed by atoms with van der Waals surface area (Å²) in [6.07, 6.45) is 1.92. The number of hydrogen-bond donors (Lipinski definition) is 3. The standard InChI is InChI=1S/C14H21FN2O2/c1-8(2)4-5-9(3)17-13-6-10(14(18)19)12(16)7-11(13)15/h6-9,17H,4-5,16H2,1-3H3,(H,18,19). The monoisotopic (exact) mass is 268 g/mol. The quantitative estimate of drug-likeness (QED) is 0.692. The Morgan fingerprint density at radius 2 is 2.00 bits per heavy atom. The van der Waals surface area contributed by atoms with Gasteiger partial charge in [0, 0.05) is 11.7 Å². The average molecular weight is 268 g/mol. The van der Waals surface area contributed by atoms with Gasteiger partial charge in [-0.15, -0.1) is 0 Å². The molecular weight excluding hydrogens is 247 g/mol. The first-order valence-corrected chi connectivity index (χ1v) is 6.40. The molecule has 0 aliphatic carbocycles. The molecule has 0 radical (unpaired) electrons. The number of hydrogen-bond acceptors (Lipinski definition) is 3. The molecule has 0 bridgehead atoms. The minimum absolute atomic E-state index is 0.0645. The highest BCUT2D eigenvalue weighted by atomic mass is 19.1. The number of nitrogens with one attached hydrogen (secondary N) is 1. The molecular formula is C14H21FN2O2. The molecule has 0 spiro atoms. The van der Waals surface area contributed by atoms with Crippen LogP contribution in [0.25, 0.3) is 0 Å². The molecule has 0 heterocycles. The van der Waals surface area contributed by atoms with Crippen molar-refractivity contribution >= 4 is 17.3 Å². The number of carbonyl (C=O) groups is 1. The van der Waals surface area contributed by atoms with Gasteiger partial charge >= 0.3 is 5.97 Å². The maximum absolute atomic E-state index is 13.7. The molecule has 4 N–H and O–H groups in total. The van der Waals surface area contributed by atoms with Crippen LogP contribution in [0.5, 0.6) is 0 Å². The summed E-state index contributed by atoms with van der Waals surface area (Å²) in [7, 11) is 0. The number of carboxylic acids is 1. The molecule has 0 saturated heterocycles. The zero-order valence-electron chi connectivity index (χ0n) is 11.5. The topological polar surface area (TPSA) is 75.3 Å². The Labute approximate surface area is 112 Å². The fourth-order valence-electron chi connectivity index (χ4n) is 1.81. The van der Waals surface area contributed by atoms with Crippen molar-refractivity contribution < 1.29 is 14.3 Å². The van der Waals surface area contributed by atoms with Crippen LogP contribution in [0.1, 0.15) is 44.0 Å². The molecule has 4 nitrogen and oxygen atoms in total. The van der Waals surface area contributed by atoms with Crippen molar-refractivity contribution in [2.75, 3.05) is 11.1 Å². The molecule has 1 unspecified atom stereocenters. The molecule has 1 rings (SSSR count). The predicted octanol–water partition coefficient (Wildman–Crippen LogP) is 3.34. The third-order valence-electron chi connectivity index (χ3n) is 2.95. The second kappa shape index (κ2) is 6.41. The summed E-state index contributed by atoms with van der Waals surface area (Å²) >= 11 is 0. The molecule has 5 heteroatoms. The Bertz CT molecular complexity index is 461. The number of aromatic carboxylic acids is 1. The first kappa shape index (κ1) is 15.3. The van der Waals surface area contributed by atoms with Gasteiger partial charge < -0.3 is 16.2 Å². The van der Waals surface area contributed by atoms with E-state index >= 15 is 0 Å². The molecule has 1 aromatic carbocycles. The Morgan fingerprint density at radius 3 is 2.53 bits per heavy atom. The van der Waals surface area contributed by atoms with Crippen LogP contribution in [0.4, 0.5) is 15.8 Å². The van der Waals surface area contributed by atoms with Crippen molar-refractivity contribution in [3.63, 3.8) is 0 Å². The van der Waals surface area contributed by atoms with Crippen LogP contribution in [0.2, 0.25) is 0 Å². The van der Waals surface area contributed by atoms with E-state index in [1.165, 1.54) is 6.07 Å². The highest BCUT2D eigenvalue weighted by molar-refractivity contribution is 5.94. The van der Waals surface area contributed by atoms with Gasteiger partial charge in [0.05, 0.1) is 11.3 Å². The molecule has 0 aliphatic heterocycles. The number of anilines is 2. The van der Waals surface area contributed by atoms with Crippen molar-refractivity contribution in [1.29, 1.82) is 0 Å². The Hall–Kier alpha value is -1.78. The fraction of sp³-hybridized carbons (Fsp3) is 0.500. The van der Waals surface area contributed by atoms with E-state index in [2.05, 4.69) is 19.2 Å². The average Bonchev–Trinajstić information content (AvgIpc) is 2.29. The zero-order chi connectivity index (χ0) is 14.6. The maximum Gasteiger partial charge on any atom is 0.337 e. The second-order valence-corrected chi connectivity index (χ2v) is 5.24. The summed E-state index contributed by atoms with van der Waals surface area (Å²) in [6.45, 7) is 6.19. The second-order valence-electron chi connectivity index (χ2n) is 5.24. The lowest BCUT2D eigenvalue weighted by Crippen LogP contribution is -2.17. The fourth-order valence-corrected chi connectivity index (χ4v) is 1.81. The third-order valence-corrected chi connectivity index (χ3v) is 2.95. The van der Waals surface area contributed by atoms with Crippen LogP contribution in [0.15, 0.2) is 12.1 Å². The Kier molecular flexibility index (Phi) is 5.15. The maximum atomic E-state index is 13.7. The van der Waals surface area contributed by atoms with E-state index in [0.717, 1.165) is 18.9 Å². The minimum Gasteiger partial charge on any atom is -0.478 e. The van der Waals surface area contributed by atoms with Crippen LogP contribution < -0.4 is 11.1 Å². The van der Waals surface area contributed by atoms with Gasteiger partial charge in [0.15, 0.2) is 0 Å². The van der Waals surface area contributed by atoms with Crippen molar-refractivity contribution in [1.82, 2.24) is 0 Å². The number of nitrogens with two attached hydrogens (primary N) is 1. The molecule has 0 fully saturated rings. The van der Waals surface area contributed by atoms with Crippen LogP contribution in [-0.4, -0.2) is 17.1 Å². The summed E-state index contributed by atoms with van der Waals surface area (Å²) in [5, 5.41) is 12.0. The SMILES string of the molecule is CC(C)CCC(C)Nc1cc(C(=O)O)c(N)cc1F. The molecule has 0 amide bonds. The summed E-state index contributed by atoms with van der Waals surface area (Å²) in [5.74, 6) is -1.11. The van der Waals surface area contributed by atoms with E-state index in [1.807, 2.05) is 6.92 Å². The van der Waals surface area contributed by atoms with Gasteiger partial charge in [0.2, 0.25) is 0 Å². The van der Waals surface area contributed by atoms with Crippen molar-refractivity contribution in [2.24, 2.45) is 5.92 Å². The lowest BCUT2D eigenvalue weighted by atomic mass is 10.0. The highest BCUT2D eigenvalue weighted by Gasteiger charge is 2.14. The Balaban J connectivity index is 2.83.